The molecule has 0 spiro atoms. The minimum absolute atomic E-state index is 0.0656. The molecule has 114 valence electrons. The summed E-state index contributed by atoms with van der Waals surface area (Å²) < 4.78 is 0. The maximum Gasteiger partial charge on any atom is 0.287 e. The first-order chi connectivity index (χ1) is 10.2. The van der Waals surface area contributed by atoms with E-state index >= 15 is 0 Å². The minimum atomic E-state index is -0.397. The van der Waals surface area contributed by atoms with Crippen molar-refractivity contribution >= 4 is 11.5 Å². The maximum atomic E-state index is 10.7. The Balaban J connectivity index is 1.56. The number of rotatable bonds is 3. The SMILES string of the molecule is O=[N+]([O-])c1ccc(N2CCC(C3CCCCC3)CC2)nc1. The summed E-state index contributed by atoms with van der Waals surface area (Å²) in [6, 6.07) is 3.33. The summed E-state index contributed by atoms with van der Waals surface area (Å²) in [6.45, 7) is 2.07. The van der Waals surface area contributed by atoms with Crippen molar-refractivity contribution in [2.75, 3.05) is 18.0 Å². The Morgan fingerprint density at radius 2 is 1.71 bits per heavy atom. The van der Waals surface area contributed by atoms with Gasteiger partial charge in [-0.25, -0.2) is 4.98 Å². The number of piperidine rings is 1. The quantitative estimate of drug-likeness (QED) is 0.627. The largest absolute Gasteiger partial charge is 0.357 e. The summed E-state index contributed by atoms with van der Waals surface area (Å²) in [4.78, 5) is 16.8. The average Bonchev–Trinajstić information content (AvgIpc) is 2.56. The fraction of sp³-hybridized carbons (Fsp3) is 0.688. The summed E-state index contributed by atoms with van der Waals surface area (Å²) >= 11 is 0. The van der Waals surface area contributed by atoms with E-state index in [-0.39, 0.29) is 5.69 Å². The lowest BCUT2D eigenvalue weighted by molar-refractivity contribution is -0.385. The molecule has 5 heteroatoms. The zero-order valence-electron chi connectivity index (χ0n) is 12.4. The van der Waals surface area contributed by atoms with Crippen molar-refractivity contribution in [1.82, 2.24) is 4.98 Å². The van der Waals surface area contributed by atoms with Gasteiger partial charge in [-0.2, -0.15) is 0 Å². The molecular formula is C16H23N3O2. The third kappa shape index (κ3) is 3.34. The molecule has 1 aromatic heterocycles. The first-order valence-electron chi connectivity index (χ1n) is 8.09. The molecule has 0 atom stereocenters. The number of nitrogens with zero attached hydrogens (tertiary/aromatic N) is 3. The molecule has 1 aromatic rings. The van der Waals surface area contributed by atoms with Crippen LogP contribution in [0.5, 0.6) is 0 Å². The molecule has 1 aliphatic carbocycles. The van der Waals surface area contributed by atoms with Gasteiger partial charge in [0.1, 0.15) is 12.0 Å². The highest BCUT2D eigenvalue weighted by molar-refractivity contribution is 5.43. The molecule has 0 amide bonds. The maximum absolute atomic E-state index is 10.7. The number of hydrogen-bond donors (Lipinski definition) is 0. The lowest BCUT2D eigenvalue weighted by Crippen LogP contribution is -2.37. The topological polar surface area (TPSA) is 59.3 Å². The van der Waals surface area contributed by atoms with Crippen LogP contribution in [-0.4, -0.2) is 23.0 Å². The summed E-state index contributed by atoms with van der Waals surface area (Å²) in [6.07, 6.45) is 10.9. The molecule has 2 heterocycles. The van der Waals surface area contributed by atoms with Crippen LogP contribution in [0.4, 0.5) is 11.5 Å². The van der Waals surface area contributed by atoms with E-state index in [4.69, 9.17) is 0 Å². The van der Waals surface area contributed by atoms with Crippen LogP contribution >= 0.6 is 0 Å². The lowest BCUT2D eigenvalue weighted by atomic mass is 9.76. The molecule has 1 aliphatic heterocycles. The van der Waals surface area contributed by atoms with E-state index in [9.17, 15) is 10.1 Å². The van der Waals surface area contributed by atoms with Gasteiger partial charge in [0, 0.05) is 19.2 Å². The van der Waals surface area contributed by atoms with Gasteiger partial charge in [-0.05, 0) is 30.7 Å². The molecule has 1 saturated carbocycles. The van der Waals surface area contributed by atoms with Gasteiger partial charge >= 0.3 is 0 Å². The summed E-state index contributed by atoms with van der Waals surface area (Å²) in [5.41, 5.74) is 0.0656. The second kappa shape index (κ2) is 6.41. The zero-order valence-corrected chi connectivity index (χ0v) is 12.4. The lowest BCUT2D eigenvalue weighted by Gasteiger charge is -2.38. The van der Waals surface area contributed by atoms with E-state index in [0.29, 0.717) is 0 Å². The zero-order chi connectivity index (χ0) is 14.7. The van der Waals surface area contributed by atoms with E-state index in [2.05, 4.69) is 9.88 Å². The van der Waals surface area contributed by atoms with Gasteiger partial charge in [-0.15, -0.1) is 0 Å². The van der Waals surface area contributed by atoms with E-state index in [1.165, 1.54) is 51.1 Å². The van der Waals surface area contributed by atoms with E-state index in [1.54, 1.807) is 12.1 Å². The predicted molar refractivity (Wildman–Crippen MR) is 82.4 cm³/mol. The molecule has 21 heavy (non-hydrogen) atoms. The van der Waals surface area contributed by atoms with Crippen LogP contribution in [0, 0.1) is 22.0 Å². The number of pyridine rings is 1. The standard InChI is InChI=1S/C16H23N3O2/c20-19(21)15-6-7-16(17-12-15)18-10-8-14(9-11-18)13-4-2-1-3-5-13/h6-7,12-14H,1-5,8-11H2. The Hall–Kier alpha value is -1.65. The number of anilines is 1. The smallest absolute Gasteiger partial charge is 0.287 e. The Labute approximate surface area is 125 Å². The highest BCUT2D eigenvalue weighted by Crippen LogP contribution is 2.36. The van der Waals surface area contributed by atoms with Gasteiger partial charge in [-0.1, -0.05) is 32.1 Å². The highest BCUT2D eigenvalue weighted by atomic mass is 16.6. The Morgan fingerprint density at radius 3 is 2.29 bits per heavy atom. The Bertz CT molecular complexity index is 475. The first kappa shape index (κ1) is 14.3. The van der Waals surface area contributed by atoms with Gasteiger partial charge in [0.25, 0.3) is 5.69 Å². The van der Waals surface area contributed by atoms with Crippen molar-refractivity contribution in [2.24, 2.45) is 11.8 Å². The van der Waals surface area contributed by atoms with Crippen molar-refractivity contribution in [3.8, 4) is 0 Å². The molecule has 0 N–H and O–H groups in total. The molecule has 0 radical (unpaired) electrons. The van der Waals surface area contributed by atoms with Crippen LogP contribution in [0.25, 0.3) is 0 Å². The van der Waals surface area contributed by atoms with E-state index < -0.39 is 4.92 Å². The molecule has 0 aromatic carbocycles. The average molecular weight is 289 g/mol. The van der Waals surface area contributed by atoms with Gasteiger partial charge < -0.3 is 4.90 Å². The molecule has 5 nitrogen and oxygen atoms in total. The Morgan fingerprint density at radius 1 is 1.05 bits per heavy atom. The van der Waals surface area contributed by atoms with Gasteiger partial charge in [0.05, 0.1) is 4.92 Å². The van der Waals surface area contributed by atoms with Crippen LogP contribution in [0.1, 0.15) is 44.9 Å². The molecule has 0 bridgehead atoms. The fourth-order valence-electron chi connectivity index (χ4n) is 3.88. The van der Waals surface area contributed by atoms with Crippen molar-refractivity contribution in [3.63, 3.8) is 0 Å². The second-order valence-corrected chi connectivity index (χ2v) is 6.35. The van der Waals surface area contributed by atoms with Crippen molar-refractivity contribution < 1.29 is 4.92 Å². The van der Waals surface area contributed by atoms with Crippen LogP contribution in [0.3, 0.4) is 0 Å². The third-order valence-electron chi connectivity index (χ3n) is 5.12. The van der Waals surface area contributed by atoms with Gasteiger partial charge in [-0.3, -0.25) is 10.1 Å². The van der Waals surface area contributed by atoms with E-state index in [0.717, 1.165) is 30.7 Å². The first-order valence-corrected chi connectivity index (χ1v) is 8.09. The summed E-state index contributed by atoms with van der Waals surface area (Å²) in [5.74, 6) is 2.69. The number of hydrogen-bond acceptors (Lipinski definition) is 4. The molecule has 0 unspecified atom stereocenters. The number of nitro groups is 1. The third-order valence-corrected chi connectivity index (χ3v) is 5.12. The molecular weight excluding hydrogens is 266 g/mol. The molecule has 2 aliphatic rings. The molecule has 3 rings (SSSR count). The van der Waals surface area contributed by atoms with Crippen molar-refractivity contribution in [3.05, 3.63) is 28.4 Å². The molecule has 1 saturated heterocycles. The van der Waals surface area contributed by atoms with Crippen LogP contribution in [0.15, 0.2) is 18.3 Å². The Kier molecular flexibility index (Phi) is 4.36. The predicted octanol–water partition coefficient (Wildman–Crippen LogP) is 3.79. The minimum Gasteiger partial charge on any atom is -0.357 e. The van der Waals surface area contributed by atoms with Crippen LogP contribution in [0.2, 0.25) is 0 Å². The van der Waals surface area contributed by atoms with Crippen molar-refractivity contribution in [2.45, 2.75) is 44.9 Å². The fourth-order valence-corrected chi connectivity index (χ4v) is 3.88. The second-order valence-electron chi connectivity index (χ2n) is 6.35. The van der Waals surface area contributed by atoms with Crippen LogP contribution < -0.4 is 4.90 Å². The van der Waals surface area contributed by atoms with Crippen molar-refractivity contribution in [1.29, 1.82) is 0 Å². The van der Waals surface area contributed by atoms with E-state index in [1.807, 2.05) is 0 Å². The monoisotopic (exact) mass is 289 g/mol. The summed E-state index contributed by atoms with van der Waals surface area (Å²) in [7, 11) is 0. The number of aromatic nitrogens is 1. The van der Waals surface area contributed by atoms with Gasteiger partial charge in [0.2, 0.25) is 0 Å². The van der Waals surface area contributed by atoms with Gasteiger partial charge in [0.15, 0.2) is 0 Å². The highest BCUT2D eigenvalue weighted by Gasteiger charge is 2.28. The summed E-state index contributed by atoms with van der Waals surface area (Å²) in [5, 5.41) is 10.7. The molecule has 2 fully saturated rings. The van der Waals surface area contributed by atoms with Crippen LogP contribution in [-0.2, 0) is 0 Å². The normalized spacial score (nSPS) is 21.4.